The molecule has 7 nitrogen and oxygen atoms in total. The largest absolute Gasteiger partial charge is 0.363 e. The van der Waals surface area contributed by atoms with E-state index in [0.29, 0.717) is 5.69 Å². The summed E-state index contributed by atoms with van der Waals surface area (Å²) in [5.41, 5.74) is 2.41. The first-order valence-corrected chi connectivity index (χ1v) is 8.00. The van der Waals surface area contributed by atoms with Gasteiger partial charge in [-0.15, -0.1) is 0 Å². The van der Waals surface area contributed by atoms with Crippen LogP contribution in [0.4, 0.5) is 0 Å². The van der Waals surface area contributed by atoms with Crippen LogP contribution in [-0.4, -0.2) is 23.4 Å². The Morgan fingerprint density at radius 3 is 3.05 bits per heavy atom. The smallest absolute Gasteiger partial charge is 0.245 e. The molecule has 0 bridgehead atoms. The number of aromatic nitrogens is 3. The third-order valence-electron chi connectivity index (χ3n) is 3.52. The summed E-state index contributed by atoms with van der Waals surface area (Å²) in [5.74, 6) is 0. The van der Waals surface area contributed by atoms with E-state index in [1.54, 1.807) is 13.1 Å². The van der Waals surface area contributed by atoms with Crippen LogP contribution in [-0.2, 0) is 29.5 Å². The molecule has 0 atom stereocenters. The molecule has 0 spiro atoms. The molecule has 0 aromatic carbocycles. The zero-order valence-corrected chi connectivity index (χ0v) is 12.0. The number of hydrogen-bond donors (Lipinski definition) is 1. The normalized spacial score (nSPS) is 15.2. The molecule has 0 unspecified atom stereocenters. The Morgan fingerprint density at radius 2 is 2.30 bits per heavy atom. The number of aryl methyl sites for hydroxylation is 2. The van der Waals surface area contributed by atoms with Crippen LogP contribution in [0.25, 0.3) is 0 Å². The SMILES string of the molecule is Cc1nocc1S(=O)(=O)NCc1cnn2c1CCCC2. The van der Waals surface area contributed by atoms with E-state index in [-0.39, 0.29) is 11.4 Å². The number of nitrogens with one attached hydrogen (secondary N) is 1. The van der Waals surface area contributed by atoms with Crippen molar-refractivity contribution in [3.8, 4) is 0 Å². The minimum absolute atomic E-state index is 0.0820. The topological polar surface area (TPSA) is 90.0 Å². The van der Waals surface area contributed by atoms with E-state index in [9.17, 15) is 8.42 Å². The molecule has 108 valence electrons. The van der Waals surface area contributed by atoms with Gasteiger partial charge < -0.3 is 4.52 Å². The second-order valence-electron chi connectivity index (χ2n) is 4.89. The second-order valence-corrected chi connectivity index (χ2v) is 6.62. The number of rotatable bonds is 4. The van der Waals surface area contributed by atoms with E-state index in [1.807, 2.05) is 4.68 Å². The maximum atomic E-state index is 12.1. The molecule has 1 aliphatic rings. The molecule has 0 radical (unpaired) electrons. The van der Waals surface area contributed by atoms with Gasteiger partial charge in [-0.1, -0.05) is 5.16 Å². The number of nitrogens with zero attached hydrogens (tertiary/aromatic N) is 3. The minimum Gasteiger partial charge on any atom is -0.363 e. The highest BCUT2D eigenvalue weighted by molar-refractivity contribution is 7.89. The molecule has 0 saturated carbocycles. The van der Waals surface area contributed by atoms with Crippen LogP contribution < -0.4 is 4.72 Å². The van der Waals surface area contributed by atoms with Crippen LogP contribution in [0.15, 0.2) is 21.9 Å². The summed E-state index contributed by atoms with van der Waals surface area (Å²) in [6.45, 7) is 2.75. The molecule has 0 fully saturated rings. The highest BCUT2D eigenvalue weighted by atomic mass is 32.2. The summed E-state index contributed by atoms with van der Waals surface area (Å²) >= 11 is 0. The Hall–Kier alpha value is -1.67. The van der Waals surface area contributed by atoms with Gasteiger partial charge in [0.25, 0.3) is 0 Å². The third kappa shape index (κ3) is 2.36. The molecule has 2 aromatic rings. The van der Waals surface area contributed by atoms with Crippen molar-refractivity contribution in [2.24, 2.45) is 0 Å². The molecule has 1 aliphatic heterocycles. The van der Waals surface area contributed by atoms with E-state index in [4.69, 9.17) is 0 Å². The Balaban J connectivity index is 1.77. The fraction of sp³-hybridized carbons (Fsp3) is 0.500. The van der Waals surface area contributed by atoms with Gasteiger partial charge in [0.05, 0.1) is 6.20 Å². The summed E-state index contributed by atoms with van der Waals surface area (Å²) < 4.78 is 33.5. The van der Waals surface area contributed by atoms with Crippen molar-refractivity contribution in [3.63, 3.8) is 0 Å². The lowest BCUT2D eigenvalue weighted by atomic mass is 10.1. The molecule has 3 heterocycles. The molecular formula is C12H16N4O3S. The van der Waals surface area contributed by atoms with Crippen molar-refractivity contribution in [1.82, 2.24) is 19.7 Å². The second kappa shape index (κ2) is 5.02. The average molecular weight is 296 g/mol. The average Bonchev–Trinajstić information content (AvgIpc) is 3.03. The van der Waals surface area contributed by atoms with Crippen LogP contribution in [0.1, 0.15) is 29.8 Å². The number of hydrogen-bond acceptors (Lipinski definition) is 5. The Bertz CT molecular complexity index is 717. The first kappa shape index (κ1) is 13.3. The minimum atomic E-state index is -3.59. The zero-order chi connectivity index (χ0) is 14.2. The lowest BCUT2D eigenvalue weighted by Gasteiger charge is -2.14. The molecule has 1 N–H and O–H groups in total. The molecule has 2 aromatic heterocycles. The fourth-order valence-corrected chi connectivity index (χ4v) is 3.52. The zero-order valence-electron chi connectivity index (χ0n) is 11.2. The van der Waals surface area contributed by atoms with Gasteiger partial charge in [0, 0.05) is 24.3 Å². The maximum absolute atomic E-state index is 12.1. The van der Waals surface area contributed by atoms with E-state index >= 15 is 0 Å². The Morgan fingerprint density at radius 1 is 1.45 bits per heavy atom. The summed E-state index contributed by atoms with van der Waals surface area (Å²) in [6.07, 6.45) is 6.08. The molecule has 20 heavy (non-hydrogen) atoms. The van der Waals surface area contributed by atoms with E-state index in [1.165, 1.54) is 0 Å². The van der Waals surface area contributed by atoms with Gasteiger partial charge in [0.1, 0.15) is 16.9 Å². The molecule has 3 rings (SSSR count). The van der Waals surface area contributed by atoms with Gasteiger partial charge in [0.2, 0.25) is 10.0 Å². The molecule has 0 saturated heterocycles. The predicted octanol–water partition coefficient (Wildman–Crippen LogP) is 0.994. The summed E-state index contributed by atoms with van der Waals surface area (Å²) in [4.78, 5) is 0.0820. The lowest BCUT2D eigenvalue weighted by molar-refractivity contribution is 0.413. The highest BCUT2D eigenvalue weighted by Gasteiger charge is 2.21. The van der Waals surface area contributed by atoms with Crippen LogP contribution in [0.2, 0.25) is 0 Å². The summed E-state index contributed by atoms with van der Waals surface area (Å²) in [5, 5.41) is 7.88. The monoisotopic (exact) mass is 296 g/mol. The number of sulfonamides is 1. The quantitative estimate of drug-likeness (QED) is 0.908. The molecular weight excluding hydrogens is 280 g/mol. The van der Waals surface area contributed by atoms with Gasteiger partial charge in [-0.2, -0.15) is 5.10 Å². The highest BCUT2D eigenvalue weighted by Crippen LogP contribution is 2.19. The van der Waals surface area contributed by atoms with Crippen molar-refractivity contribution >= 4 is 10.0 Å². The van der Waals surface area contributed by atoms with E-state index in [0.717, 1.165) is 43.3 Å². The molecule has 0 aliphatic carbocycles. The fourth-order valence-electron chi connectivity index (χ4n) is 2.43. The van der Waals surface area contributed by atoms with Crippen molar-refractivity contribution in [3.05, 3.63) is 29.4 Å². The third-order valence-corrected chi connectivity index (χ3v) is 5.01. The van der Waals surface area contributed by atoms with Gasteiger partial charge >= 0.3 is 0 Å². The standard InChI is InChI=1S/C12H16N4O3S/c1-9-12(8-19-15-9)20(17,18)14-7-10-6-13-16-5-3-2-4-11(10)16/h6,8,14H,2-5,7H2,1H3. The predicted molar refractivity (Wildman–Crippen MR) is 70.4 cm³/mol. The molecule has 8 heteroatoms. The van der Waals surface area contributed by atoms with Crippen molar-refractivity contribution in [1.29, 1.82) is 0 Å². The summed E-state index contributed by atoms with van der Waals surface area (Å²) in [6, 6.07) is 0. The van der Waals surface area contributed by atoms with Crippen molar-refractivity contribution in [2.45, 2.75) is 44.2 Å². The first-order chi connectivity index (χ1) is 9.58. The van der Waals surface area contributed by atoms with Gasteiger partial charge in [-0.25, -0.2) is 13.1 Å². The van der Waals surface area contributed by atoms with E-state index in [2.05, 4.69) is 19.5 Å². The van der Waals surface area contributed by atoms with Gasteiger partial charge in [-0.3, -0.25) is 4.68 Å². The first-order valence-electron chi connectivity index (χ1n) is 6.52. The molecule has 0 amide bonds. The van der Waals surface area contributed by atoms with Gasteiger partial charge in [-0.05, 0) is 26.2 Å². The summed E-state index contributed by atoms with van der Waals surface area (Å²) in [7, 11) is -3.59. The van der Waals surface area contributed by atoms with Crippen LogP contribution >= 0.6 is 0 Å². The van der Waals surface area contributed by atoms with Gasteiger partial charge in [0.15, 0.2) is 0 Å². The number of fused-ring (bicyclic) bond motifs is 1. The Labute approximate surface area is 117 Å². The van der Waals surface area contributed by atoms with E-state index < -0.39 is 10.0 Å². The van der Waals surface area contributed by atoms with Crippen LogP contribution in [0.3, 0.4) is 0 Å². The van der Waals surface area contributed by atoms with Crippen LogP contribution in [0, 0.1) is 6.92 Å². The van der Waals surface area contributed by atoms with Crippen molar-refractivity contribution < 1.29 is 12.9 Å². The van der Waals surface area contributed by atoms with Crippen molar-refractivity contribution in [2.75, 3.05) is 0 Å². The van der Waals surface area contributed by atoms with Crippen LogP contribution in [0.5, 0.6) is 0 Å². The Kier molecular flexibility index (Phi) is 3.35. The lowest BCUT2D eigenvalue weighted by Crippen LogP contribution is -2.24. The maximum Gasteiger partial charge on any atom is 0.245 e.